The van der Waals surface area contributed by atoms with E-state index >= 15 is 0 Å². The minimum atomic E-state index is 0.0955. The Bertz CT molecular complexity index is 324. The molecular formula is C12H19NO3. The van der Waals surface area contributed by atoms with E-state index in [1.54, 1.807) is 14.2 Å². The molecule has 1 rings (SSSR count). The van der Waals surface area contributed by atoms with Crippen LogP contribution in [0, 0.1) is 5.92 Å². The number of hydrogen-bond donors (Lipinski definition) is 2. The van der Waals surface area contributed by atoms with Gasteiger partial charge in [-0.1, -0.05) is 6.07 Å². The van der Waals surface area contributed by atoms with Gasteiger partial charge in [0, 0.05) is 6.61 Å². The van der Waals surface area contributed by atoms with Gasteiger partial charge >= 0.3 is 0 Å². The van der Waals surface area contributed by atoms with Crippen LogP contribution >= 0.6 is 0 Å². The minimum absolute atomic E-state index is 0.0955. The number of aliphatic hydroxyl groups excluding tert-OH is 1. The second-order valence-corrected chi connectivity index (χ2v) is 3.68. The molecule has 3 N–H and O–H groups in total. The van der Waals surface area contributed by atoms with E-state index < -0.39 is 0 Å². The first kappa shape index (κ1) is 12.8. The molecule has 90 valence electrons. The Morgan fingerprint density at radius 1 is 1.25 bits per heavy atom. The zero-order valence-electron chi connectivity index (χ0n) is 9.77. The maximum atomic E-state index is 9.08. The lowest BCUT2D eigenvalue weighted by Gasteiger charge is -2.13. The minimum Gasteiger partial charge on any atom is -0.493 e. The van der Waals surface area contributed by atoms with Crippen molar-refractivity contribution in [2.45, 2.75) is 6.42 Å². The summed E-state index contributed by atoms with van der Waals surface area (Å²) in [5.41, 5.74) is 6.63. The Balaban J connectivity index is 2.82. The van der Waals surface area contributed by atoms with Gasteiger partial charge in [-0.15, -0.1) is 0 Å². The lowest BCUT2D eigenvalue weighted by molar-refractivity contribution is 0.229. The quantitative estimate of drug-likeness (QED) is 0.752. The standard InChI is InChI=1S/C12H19NO3/c1-15-11-4-3-9(6-12(11)16-2)5-10(7-13)8-14/h3-4,6,10,14H,5,7-8,13H2,1-2H3. The normalized spacial score (nSPS) is 12.2. The Labute approximate surface area is 96.0 Å². The van der Waals surface area contributed by atoms with E-state index in [2.05, 4.69) is 0 Å². The summed E-state index contributed by atoms with van der Waals surface area (Å²) >= 11 is 0. The van der Waals surface area contributed by atoms with Crippen molar-refractivity contribution < 1.29 is 14.6 Å². The molecule has 0 spiro atoms. The molecule has 0 heterocycles. The zero-order valence-corrected chi connectivity index (χ0v) is 9.77. The first-order valence-corrected chi connectivity index (χ1v) is 5.27. The van der Waals surface area contributed by atoms with Gasteiger partial charge in [-0.05, 0) is 36.6 Å². The molecule has 0 aliphatic rings. The number of aliphatic hydroxyl groups is 1. The molecule has 0 saturated heterocycles. The van der Waals surface area contributed by atoms with Gasteiger partial charge < -0.3 is 20.3 Å². The smallest absolute Gasteiger partial charge is 0.160 e. The predicted octanol–water partition coefficient (Wildman–Crippen LogP) is 0.814. The highest BCUT2D eigenvalue weighted by Crippen LogP contribution is 2.28. The van der Waals surface area contributed by atoms with Crippen molar-refractivity contribution in [2.75, 3.05) is 27.4 Å². The van der Waals surface area contributed by atoms with Crippen LogP contribution in [-0.4, -0.2) is 32.5 Å². The highest BCUT2D eigenvalue weighted by atomic mass is 16.5. The summed E-state index contributed by atoms with van der Waals surface area (Å²) < 4.78 is 10.4. The van der Waals surface area contributed by atoms with E-state index in [4.69, 9.17) is 20.3 Å². The van der Waals surface area contributed by atoms with Crippen molar-refractivity contribution in [1.29, 1.82) is 0 Å². The summed E-state index contributed by atoms with van der Waals surface area (Å²) in [5, 5.41) is 9.08. The Morgan fingerprint density at radius 2 is 1.94 bits per heavy atom. The molecule has 0 aliphatic heterocycles. The van der Waals surface area contributed by atoms with Gasteiger partial charge in [-0.2, -0.15) is 0 Å². The Hall–Kier alpha value is -1.26. The van der Waals surface area contributed by atoms with Gasteiger partial charge in [-0.25, -0.2) is 0 Å². The summed E-state index contributed by atoms with van der Waals surface area (Å²) in [5.74, 6) is 1.51. The Morgan fingerprint density at radius 3 is 2.44 bits per heavy atom. The average Bonchev–Trinajstić information content (AvgIpc) is 2.35. The maximum Gasteiger partial charge on any atom is 0.160 e. The van der Waals surface area contributed by atoms with Crippen LogP contribution in [0.25, 0.3) is 0 Å². The molecule has 0 fully saturated rings. The largest absolute Gasteiger partial charge is 0.493 e. The third-order valence-corrected chi connectivity index (χ3v) is 2.56. The predicted molar refractivity (Wildman–Crippen MR) is 62.9 cm³/mol. The number of benzene rings is 1. The fraction of sp³-hybridized carbons (Fsp3) is 0.500. The van der Waals surface area contributed by atoms with Crippen LogP contribution in [0.5, 0.6) is 11.5 Å². The van der Waals surface area contributed by atoms with Crippen LogP contribution in [0.15, 0.2) is 18.2 Å². The molecule has 4 nitrogen and oxygen atoms in total. The Kier molecular flexibility index (Phi) is 5.08. The first-order valence-electron chi connectivity index (χ1n) is 5.27. The molecule has 1 aromatic carbocycles. The maximum absolute atomic E-state index is 9.08. The monoisotopic (exact) mass is 225 g/mol. The summed E-state index contributed by atoms with van der Waals surface area (Å²) in [7, 11) is 3.21. The fourth-order valence-electron chi connectivity index (χ4n) is 1.56. The molecule has 0 saturated carbocycles. The highest BCUT2D eigenvalue weighted by molar-refractivity contribution is 5.42. The zero-order chi connectivity index (χ0) is 12.0. The molecule has 0 amide bonds. The molecular weight excluding hydrogens is 206 g/mol. The third kappa shape index (κ3) is 3.12. The van der Waals surface area contributed by atoms with Crippen molar-refractivity contribution in [2.24, 2.45) is 11.7 Å². The van der Waals surface area contributed by atoms with Crippen molar-refractivity contribution in [3.8, 4) is 11.5 Å². The molecule has 0 bridgehead atoms. The van der Waals surface area contributed by atoms with Gasteiger partial charge in [0.2, 0.25) is 0 Å². The lowest BCUT2D eigenvalue weighted by atomic mass is 10.00. The molecule has 0 radical (unpaired) electrons. The van der Waals surface area contributed by atoms with Crippen LogP contribution in [0.1, 0.15) is 5.56 Å². The lowest BCUT2D eigenvalue weighted by Crippen LogP contribution is -2.20. The van der Waals surface area contributed by atoms with Crippen LogP contribution in [0.2, 0.25) is 0 Å². The van der Waals surface area contributed by atoms with Crippen molar-refractivity contribution in [3.63, 3.8) is 0 Å². The van der Waals surface area contributed by atoms with Crippen LogP contribution in [0.4, 0.5) is 0 Å². The van der Waals surface area contributed by atoms with Crippen molar-refractivity contribution in [1.82, 2.24) is 0 Å². The van der Waals surface area contributed by atoms with E-state index in [1.807, 2.05) is 18.2 Å². The number of ether oxygens (including phenoxy) is 2. The van der Waals surface area contributed by atoms with Crippen LogP contribution in [0.3, 0.4) is 0 Å². The molecule has 0 aliphatic carbocycles. The number of nitrogens with two attached hydrogens (primary N) is 1. The highest BCUT2D eigenvalue weighted by Gasteiger charge is 2.09. The van der Waals surface area contributed by atoms with Gasteiger partial charge in [-0.3, -0.25) is 0 Å². The molecule has 1 atom stereocenters. The molecule has 16 heavy (non-hydrogen) atoms. The van der Waals surface area contributed by atoms with Gasteiger partial charge in [0.25, 0.3) is 0 Å². The van der Waals surface area contributed by atoms with E-state index in [0.29, 0.717) is 18.0 Å². The molecule has 4 heteroatoms. The van der Waals surface area contributed by atoms with E-state index in [1.165, 1.54) is 0 Å². The summed E-state index contributed by atoms with van der Waals surface area (Å²) in [6, 6.07) is 5.73. The van der Waals surface area contributed by atoms with Gasteiger partial charge in [0.05, 0.1) is 14.2 Å². The van der Waals surface area contributed by atoms with Gasteiger partial charge in [0.15, 0.2) is 11.5 Å². The molecule has 1 unspecified atom stereocenters. The van der Waals surface area contributed by atoms with Crippen LogP contribution in [-0.2, 0) is 6.42 Å². The summed E-state index contributed by atoms with van der Waals surface area (Å²) in [6.45, 7) is 0.579. The SMILES string of the molecule is COc1ccc(CC(CN)CO)cc1OC. The number of hydrogen-bond acceptors (Lipinski definition) is 4. The number of methoxy groups -OCH3 is 2. The van der Waals surface area contributed by atoms with Gasteiger partial charge in [0.1, 0.15) is 0 Å². The van der Waals surface area contributed by atoms with E-state index in [-0.39, 0.29) is 12.5 Å². The molecule has 0 aromatic heterocycles. The number of rotatable bonds is 6. The summed E-state index contributed by atoms with van der Waals surface area (Å²) in [4.78, 5) is 0. The third-order valence-electron chi connectivity index (χ3n) is 2.56. The van der Waals surface area contributed by atoms with Crippen molar-refractivity contribution >= 4 is 0 Å². The second-order valence-electron chi connectivity index (χ2n) is 3.68. The fourth-order valence-corrected chi connectivity index (χ4v) is 1.56. The molecule has 1 aromatic rings. The van der Waals surface area contributed by atoms with E-state index in [9.17, 15) is 0 Å². The first-order chi connectivity index (χ1) is 7.74. The second kappa shape index (κ2) is 6.35. The summed E-state index contributed by atoms with van der Waals surface area (Å²) in [6.07, 6.45) is 0.743. The average molecular weight is 225 g/mol. The van der Waals surface area contributed by atoms with E-state index in [0.717, 1.165) is 12.0 Å². The topological polar surface area (TPSA) is 64.7 Å². The van der Waals surface area contributed by atoms with Crippen molar-refractivity contribution in [3.05, 3.63) is 23.8 Å². The van der Waals surface area contributed by atoms with Crippen LogP contribution < -0.4 is 15.2 Å².